The Kier molecular flexibility index (Phi) is 9.20. The minimum Gasteiger partial charge on any atom is -0.493 e. The highest BCUT2D eigenvalue weighted by atomic mass is 16.5. The number of hydrogen-bond donors (Lipinski definition) is 2. The van der Waals surface area contributed by atoms with E-state index in [1.807, 2.05) is 12.1 Å². The van der Waals surface area contributed by atoms with Crippen LogP contribution in [0.1, 0.15) is 38.2 Å². The molecule has 0 aromatic heterocycles. The van der Waals surface area contributed by atoms with E-state index in [4.69, 9.17) is 14.2 Å². The molecular formula is C21H36N4O3. The van der Waals surface area contributed by atoms with Gasteiger partial charge >= 0.3 is 0 Å². The standard InChI is InChI=1S/C21H36N4O3/c1-16-9-6-7-13-25(16)14-8-12-23-21(22-2)24-15-17-10-11-18(26-3)20(28-5)19(17)27-4/h10-11,16H,6-9,12-15H2,1-5H3,(H2,22,23,24). The highest BCUT2D eigenvalue weighted by Gasteiger charge is 2.18. The van der Waals surface area contributed by atoms with Crippen LogP contribution >= 0.6 is 0 Å². The number of methoxy groups -OCH3 is 3. The van der Waals surface area contributed by atoms with Gasteiger partial charge in [0, 0.05) is 38.3 Å². The van der Waals surface area contributed by atoms with Crippen molar-refractivity contribution >= 4 is 5.96 Å². The van der Waals surface area contributed by atoms with Gasteiger partial charge in [-0.1, -0.05) is 6.42 Å². The summed E-state index contributed by atoms with van der Waals surface area (Å²) in [5, 5.41) is 6.74. The molecule has 1 atom stereocenters. The van der Waals surface area contributed by atoms with Crippen molar-refractivity contribution in [1.29, 1.82) is 0 Å². The average Bonchev–Trinajstić information content (AvgIpc) is 2.73. The number of rotatable bonds is 9. The van der Waals surface area contributed by atoms with E-state index in [0.29, 0.717) is 29.8 Å². The molecule has 0 saturated carbocycles. The Morgan fingerprint density at radius 1 is 1.11 bits per heavy atom. The van der Waals surface area contributed by atoms with Gasteiger partial charge in [0.1, 0.15) is 0 Å². The fourth-order valence-electron chi connectivity index (χ4n) is 3.68. The molecule has 1 fully saturated rings. The Morgan fingerprint density at radius 3 is 2.54 bits per heavy atom. The summed E-state index contributed by atoms with van der Waals surface area (Å²) in [6.07, 6.45) is 5.12. The number of ether oxygens (including phenoxy) is 3. The average molecular weight is 393 g/mol. The molecular weight excluding hydrogens is 356 g/mol. The molecule has 7 heteroatoms. The minimum atomic E-state index is 0.576. The normalized spacial score (nSPS) is 17.9. The number of hydrogen-bond acceptors (Lipinski definition) is 5. The van der Waals surface area contributed by atoms with E-state index < -0.39 is 0 Å². The Hall–Kier alpha value is -2.15. The molecule has 1 aromatic carbocycles. The van der Waals surface area contributed by atoms with Crippen molar-refractivity contribution in [1.82, 2.24) is 15.5 Å². The van der Waals surface area contributed by atoms with Gasteiger partial charge < -0.3 is 29.7 Å². The van der Waals surface area contributed by atoms with E-state index in [9.17, 15) is 0 Å². The third-order valence-corrected chi connectivity index (χ3v) is 5.31. The summed E-state index contributed by atoms with van der Waals surface area (Å²) in [5.74, 6) is 2.70. The Morgan fingerprint density at radius 2 is 1.89 bits per heavy atom. The van der Waals surface area contributed by atoms with Gasteiger partial charge in [-0.15, -0.1) is 0 Å². The quantitative estimate of drug-likeness (QED) is 0.383. The van der Waals surface area contributed by atoms with E-state index in [0.717, 1.165) is 31.0 Å². The number of likely N-dealkylation sites (tertiary alicyclic amines) is 1. The van der Waals surface area contributed by atoms with Crippen LogP contribution in [0.25, 0.3) is 0 Å². The predicted molar refractivity (Wildman–Crippen MR) is 114 cm³/mol. The first-order valence-corrected chi connectivity index (χ1v) is 10.1. The second kappa shape index (κ2) is 11.6. The van der Waals surface area contributed by atoms with Crippen LogP contribution in [0.2, 0.25) is 0 Å². The van der Waals surface area contributed by atoms with Crippen LogP contribution in [0.3, 0.4) is 0 Å². The SMILES string of the molecule is CN=C(NCCCN1CCCCC1C)NCc1ccc(OC)c(OC)c1OC. The summed E-state index contributed by atoms with van der Waals surface area (Å²) < 4.78 is 16.3. The summed E-state index contributed by atoms with van der Waals surface area (Å²) in [4.78, 5) is 6.91. The first-order chi connectivity index (χ1) is 13.6. The van der Waals surface area contributed by atoms with Crippen molar-refractivity contribution in [3.05, 3.63) is 17.7 Å². The fourth-order valence-corrected chi connectivity index (χ4v) is 3.68. The zero-order chi connectivity index (χ0) is 20.4. The molecule has 1 saturated heterocycles. The van der Waals surface area contributed by atoms with Crippen LogP contribution in [0.5, 0.6) is 17.2 Å². The Labute approximate surface area is 169 Å². The topological polar surface area (TPSA) is 67.4 Å². The maximum absolute atomic E-state index is 5.54. The molecule has 0 spiro atoms. The minimum absolute atomic E-state index is 0.576. The zero-order valence-electron chi connectivity index (χ0n) is 18.0. The van der Waals surface area contributed by atoms with Gasteiger partial charge in [-0.2, -0.15) is 0 Å². The summed E-state index contributed by atoms with van der Waals surface area (Å²) in [5.41, 5.74) is 0.977. The van der Waals surface area contributed by atoms with E-state index in [-0.39, 0.29) is 0 Å². The third-order valence-electron chi connectivity index (χ3n) is 5.31. The highest BCUT2D eigenvalue weighted by molar-refractivity contribution is 5.79. The van der Waals surface area contributed by atoms with Crippen LogP contribution in [-0.4, -0.2) is 64.9 Å². The molecule has 2 rings (SSSR count). The lowest BCUT2D eigenvalue weighted by Crippen LogP contribution is -2.41. The van der Waals surface area contributed by atoms with E-state index >= 15 is 0 Å². The van der Waals surface area contributed by atoms with Gasteiger partial charge in [-0.3, -0.25) is 4.99 Å². The Bertz CT molecular complexity index is 636. The van der Waals surface area contributed by atoms with Gasteiger partial charge in [-0.25, -0.2) is 0 Å². The zero-order valence-corrected chi connectivity index (χ0v) is 18.0. The van der Waals surface area contributed by atoms with Crippen LogP contribution in [0, 0.1) is 0 Å². The third kappa shape index (κ3) is 5.92. The molecule has 28 heavy (non-hydrogen) atoms. The maximum atomic E-state index is 5.54. The van der Waals surface area contributed by atoms with E-state index in [2.05, 4.69) is 27.4 Å². The summed E-state index contributed by atoms with van der Waals surface area (Å²) in [6, 6.07) is 4.57. The summed E-state index contributed by atoms with van der Waals surface area (Å²) in [6.45, 7) is 6.17. The number of aliphatic imine (C=N–C) groups is 1. The van der Waals surface area contributed by atoms with Gasteiger partial charge in [0.15, 0.2) is 17.5 Å². The molecule has 158 valence electrons. The van der Waals surface area contributed by atoms with Gasteiger partial charge in [0.05, 0.1) is 21.3 Å². The first-order valence-electron chi connectivity index (χ1n) is 10.1. The molecule has 0 amide bonds. The lowest BCUT2D eigenvalue weighted by atomic mass is 10.0. The molecule has 1 aliphatic rings. The molecule has 1 heterocycles. The summed E-state index contributed by atoms with van der Waals surface area (Å²) >= 11 is 0. The van der Waals surface area contributed by atoms with Crippen molar-refractivity contribution in [2.75, 3.05) is 48.0 Å². The molecule has 1 unspecified atom stereocenters. The van der Waals surface area contributed by atoms with Crippen molar-refractivity contribution in [3.63, 3.8) is 0 Å². The molecule has 2 N–H and O–H groups in total. The monoisotopic (exact) mass is 392 g/mol. The number of nitrogens with zero attached hydrogens (tertiary/aromatic N) is 2. The smallest absolute Gasteiger partial charge is 0.203 e. The van der Waals surface area contributed by atoms with Gasteiger partial charge in [0.2, 0.25) is 5.75 Å². The second-order valence-electron chi connectivity index (χ2n) is 7.08. The maximum Gasteiger partial charge on any atom is 0.203 e. The lowest BCUT2D eigenvalue weighted by Gasteiger charge is -2.33. The largest absolute Gasteiger partial charge is 0.493 e. The molecule has 7 nitrogen and oxygen atoms in total. The second-order valence-corrected chi connectivity index (χ2v) is 7.08. The van der Waals surface area contributed by atoms with Crippen LogP contribution in [0.4, 0.5) is 0 Å². The number of piperidine rings is 1. The van der Waals surface area contributed by atoms with E-state index in [1.54, 1.807) is 28.4 Å². The van der Waals surface area contributed by atoms with Gasteiger partial charge in [-0.05, 0) is 44.9 Å². The summed E-state index contributed by atoms with van der Waals surface area (Å²) in [7, 11) is 6.65. The molecule has 1 aromatic rings. The lowest BCUT2D eigenvalue weighted by molar-refractivity contribution is 0.159. The molecule has 1 aliphatic heterocycles. The fraction of sp³-hybridized carbons (Fsp3) is 0.667. The van der Waals surface area contributed by atoms with Crippen molar-refractivity contribution in [2.24, 2.45) is 4.99 Å². The number of nitrogens with one attached hydrogen (secondary N) is 2. The van der Waals surface area contributed by atoms with Crippen LogP contribution in [-0.2, 0) is 6.54 Å². The van der Waals surface area contributed by atoms with Crippen LogP contribution < -0.4 is 24.8 Å². The number of guanidine groups is 1. The van der Waals surface area contributed by atoms with Crippen molar-refractivity contribution < 1.29 is 14.2 Å². The van der Waals surface area contributed by atoms with E-state index in [1.165, 1.54) is 25.8 Å². The van der Waals surface area contributed by atoms with Crippen molar-refractivity contribution in [2.45, 2.75) is 45.2 Å². The van der Waals surface area contributed by atoms with Crippen molar-refractivity contribution in [3.8, 4) is 17.2 Å². The first kappa shape index (κ1) is 22.1. The Balaban J connectivity index is 1.83. The highest BCUT2D eigenvalue weighted by Crippen LogP contribution is 2.39. The predicted octanol–water partition coefficient (Wildman–Crippen LogP) is 2.64. The van der Waals surface area contributed by atoms with Crippen LogP contribution in [0.15, 0.2) is 17.1 Å². The number of benzene rings is 1. The molecule has 0 aliphatic carbocycles. The molecule has 0 bridgehead atoms. The van der Waals surface area contributed by atoms with Gasteiger partial charge in [0.25, 0.3) is 0 Å². The molecule has 0 radical (unpaired) electrons.